The Morgan fingerprint density at radius 1 is 0.960 bits per heavy atom. The molecule has 1 aliphatic carbocycles. The number of hydrogen-bond donors (Lipinski definition) is 0. The van der Waals surface area contributed by atoms with Gasteiger partial charge in [0, 0.05) is 5.56 Å². The van der Waals surface area contributed by atoms with Crippen LogP contribution in [0.2, 0.25) is 18.1 Å². The minimum absolute atomic E-state index is 0.199. The molecule has 0 aromatic heterocycles. The Kier molecular flexibility index (Phi) is 6.78. The van der Waals surface area contributed by atoms with Gasteiger partial charge in [0.05, 0.1) is 7.11 Å². The van der Waals surface area contributed by atoms with Crippen LogP contribution in [0.5, 0.6) is 5.75 Å². The maximum Gasteiger partial charge on any atom is 0.250 e. The Bertz CT molecular complexity index is 586. The molecule has 0 heterocycles. The summed E-state index contributed by atoms with van der Waals surface area (Å²) in [6.07, 6.45) is 8.95. The molecule has 2 rings (SSSR count). The lowest BCUT2D eigenvalue weighted by Crippen LogP contribution is -2.43. The van der Waals surface area contributed by atoms with Crippen LogP contribution in [-0.4, -0.2) is 15.4 Å². The van der Waals surface area contributed by atoms with E-state index in [1.165, 1.54) is 37.7 Å². The maximum atomic E-state index is 6.49. The molecule has 1 aromatic rings. The molecule has 1 saturated carbocycles. The zero-order valence-electron chi connectivity index (χ0n) is 17.1. The van der Waals surface area contributed by atoms with E-state index in [1.54, 1.807) is 0 Å². The molecule has 0 spiro atoms. The third kappa shape index (κ3) is 5.37. The molecule has 25 heavy (non-hydrogen) atoms. The Balaban J connectivity index is 2.29. The first-order valence-corrected chi connectivity index (χ1v) is 12.7. The minimum atomic E-state index is -1.82. The van der Waals surface area contributed by atoms with E-state index in [0.29, 0.717) is 0 Å². The minimum Gasteiger partial charge on any atom is -0.543 e. The summed E-state index contributed by atoms with van der Waals surface area (Å²) in [6, 6.07) is 8.51. The molecule has 0 unspecified atom stereocenters. The third-order valence-corrected chi connectivity index (χ3v) is 10.1. The molecule has 1 fully saturated rings. The van der Waals surface area contributed by atoms with Crippen molar-refractivity contribution in [3.8, 4) is 5.75 Å². The second kappa shape index (κ2) is 8.44. The van der Waals surface area contributed by atoms with Gasteiger partial charge >= 0.3 is 0 Å². The Hall–Kier alpha value is -1.22. The first kappa shape index (κ1) is 20.1. The summed E-state index contributed by atoms with van der Waals surface area (Å²) in [4.78, 5) is 0. The Morgan fingerprint density at radius 3 is 2.12 bits per heavy atom. The van der Waals surface area contributed by atoms with Crippen molar-refractivity contribution in [1.29, 1.82) is 0 Å². The van der Waals surface area contributed by atoms with Crippen LogP contribution in [0.4, 0.5) is 0 Å². The van der Waals surface area contributed by atoms with Crippen LogP contribution < -0.4 is 4.43 Å². The van der Waals surface area contributed by atoms with Crippen molar-refractivity contribution < 1.29 is 9.16 Å². The lowest BCUT2D eigenvalue weighted by Gasteiger charge is -2.36. The molecular formula is C22H36O2Si. The first-order chi connectivity index (χ1) is 11.7. The summed E-state index contributed by atoms with van der Waals surface area (Å²) in [7, 11) is -0.0167. The predicted octanol–water partition coefficient (Wildman–Crippen LogP) is 7.17. The van der Waals surface area contributed by atoms with Gasteiger partial charge in [-0.1, -0.05) is 52.2 Å². The van der Waals surface area contributed by atoms with Crippen LogP contribution in [0.15, 0.2) is 29.8 Å². The summed E-state index contributed by atoms with van der Waals surface area (Å²) in [5.41, 5.74) is 2.64. The maximum absolute atomic E-state index is 6.49. The van der Waals surface area contributed by atoms with Gasteiger partial charge in [-0.15, -0.1) is 0 Å². The van der Waals surface area contributed by atoms with Crippen LogP contribution in [0.1, 0.15) is 71.3 Å². The molecule has 0 aliphatic heterocycles. The van der Waals surface area contributed by atoms with Crippen LogP contribution in [0.3, 0.4) is 0 Å². The van der Waals surface area contributed by atoms with E-state index in [4.69, 9.17) is 9.16 Å². The molecule has 0 amide bonds. The van der Waals surface area contributed by atoms with Gasteiger partial charge in [-0.2, -0.15) is 0 Å². The molecule has 140 valence electrons. The van der Waals surface area contributed by atoms with Gasteiger partial charge in [-0.25, -0.2) is 0 Å². The SMILES string of the molecule is COC(=C1CCCCCCC1)c1cccc(O[Si](C)(C)C(C)(C)C)c1. The summed E-state index contributed by atoms with van der Waals surface area (Å²) in [5, 5.41) is 0.199. The second-order valence-corrected chi connectivity index (χ2v) is 13.5. The van der Waals surface area contributed by atoms with Crippen LogP contribution >= 0.6 is 0 Å². The fourth-order valence-electron chi connectivity index (χ4n) is 3.17. The fraction of sp³-hybridized carbons (Fsp3) is 0.636. The number of ether oxygens (including phenoxy) is 1. The van der Waals surface area contributed by atoms with Crippen molar-refractivity contribution in [2.75, 3.05) is 7.11 Å². The van der Waals surface area contributed by atoms with Crippen LogP contribution in [-0.2, 0) is 4.74 Å². The number of hydrogen-bond acceptors (Lipinski definition) is 2. The van der Waals surface area contributed by atoms with Crippen molar-refractivity contribution in [3.05, 3.63) is 35.4 Å². The molecule has 2 nitrogen and oxygen atoms in total. The lowest BCUT2D eigenvalue weighted by atomic mass is 9.93. The number of rotatable bonds is 4. The fourth-order valence-corrected chi connectivity index (χ4v) is 4.20. The molecule has 0 radical (unpaired) electrons. The highest BCUT2D eigenvalue weighted by Gasteiger charge is 2.39. The largest absolute Gasteiger partial charge is 0.543 e. The van der Waals surface area contributed by atoms with E-state index in [-0.39, 0.29) is 5.04 Å². The number of allylic oxidation sites excluding steroid dienone is 1. The van der Waals surface area contributed by atoms with Gasteiger partial charge in [0.25, 0.3) is 0 Å². The summed E-state index contributed by atoms with van der Waals surface area (Å²) < 4.78 is 12.4. The molecule has 1 aromatic carbocycles. The van der Waals surface area contributed by atoms with Crippen molar-refractivity contribution in [2.45, 2.75) is 83.8 Å². The van der Waals surface area contributed by atoms with E-state index in [1.807, 2.05) is 7.11 Å². The summed E-state index contributed by atoms with van der Waals surface area (Å²) in [6.45, 7) is 11.4. The van der Waals surface area contributed by atoms with Crippen LogP contribution in [0, 0.1) is 0 Å². The summed E-state index contributed by atoms with van der Waals surface area (Å²) in [5.74, 6) is 2.05. The van der Waals surface area contributed by atoms with E-state index in [9.17, 15) is 0 Å². The predicted molar refractivity (Wildman–Crippen MR) is 111 cm³/mol. The van der Waals surface area contributed by atoms with E-state index in [0.717, 1.165) is 29.9 Å². The zero-order valence-corrected chi connectivity index (χ0v) is 18.1. The monoisotopic (exact) mass is 360 g/mol. The van der Waals surface area contributed by atoms with Gasteiger partial charge in [0.2, 0.25) is 8.32 Å². The topological polar surface area (TPSA) is 18.5 Å². The van der Waals surface area contributed by atoms with Gasteiger partial charge in [0.15, 0.2) is 0 Å². The highest BCUT2D eigenvalue weighted by molar-refractivity contribution is 6.74. The summed E-state index contributed by atoms with van der Waals surface area (Å²) >= 11 is 0. The molecule has 0 saturated heterocycles. The molecule has 0 bridgehead atoms. The lowest BCUT2D eigenvalue weighted by molar-refractivity contribution is 0.361. The Labute approximate surface area is 155 Å². The highest BCUT2D eigenvalue weighted by atomic mass is 28.4. The van der Waals surface area contributed by atoms with Crippen molar-refractivity contribution in [3.63, 3.8) is 0 Å². The van der Waals surface area contributed by atoms with Crippen molar-refractivity contribution in [2.24, 2.45) is 0 Å². The average Bonchev–Trinajstić information content (AvgIpc) is 2.48. The number of methoxy groups -OCH3 is 1. The smallest absolute Gasteiger partial charge is 0.250 e. The second-order valence-electron chi connectivity index (χ2n) is 8.79. The first-order valence-electron chi connectivity index (χ1n) is 9.80. The van der Waals surface area contributed by atoms with E-state index >= 15 is 0 Å². The zero-order chi connectivity index (χ0) is 18.5. The number of benzene rings is 1. The quantitative estimate of drug-likeness (QED) is 0.418. The molecule has 0 N–H and O–H groups in total. The van der Waals surface area contributed by atoms with E-state index < -0.39 is 8.32 Å². The van der Waals surface area contributed by atoms with Crippen LogP contribution in [0.25, 0.3) is 5.76 Å². The standard InChI is InChI=1S/C22H36O2Si/c1-22(2,3)25(5,6)24-20-16-12-15-19(17-20)21(23-4)18-13-10-8-7-9-11-14-18/h12,15-17H,7-11,13-14H2,1-6H3. The third-order valence-electron chi connectivity index (χ3n) is 5.76. The normalized spacial score (nSPS) is 16.8. The molecule has 3 heteroatoms. The van der Waals surface area contributed by atoms with Gasteiger partial charge < -0.3 is 9.16 Å². The van der Waals surface area contributed by atoms with Crippen molar-refractivity contribution >= 4 is 14.1 Å². The van der Waals surface area contributed by atoms with Gasteiger partial charge in [-0.05, 0) is 61.5 Å². The average molecular weight is 361 g/mol. The van der Waals surface area contributed by atoms with Gasteiger partial charge in [-0.3, -0.25) is 0 Å². The highest BCUT2D eigenvalue weighted by Crippen LogP contribution is 2.38. The molecular weight excluding hydrogens is 324 g/mol. The van der Waals surface area contributed by atoms with Gasteiger partial charge in [0.1, 0.15) is 11.5 Å². The molecule has 0 atom stereocenters. The molecule has 1 aliphatic rings. The Morgan fingerprint density at radius 2 is 1.56 bits per heavy atom. The van der Waals surface area contributed by atoms with E-state index in [2.05, 4.69) is 58.1 Å². The van der Waals surface area contributed by atoms with Crippen molar-refractivity contribution in [1.82, 2.24) is 0 Å².